The van der Waals surface area contributed by atoms with Crippen molar-refractivity contribution in [3.05, 3.63) is 66.0 Å². The Hall–Kier alpha value is -2.20. The van der Waals surface area contributed by atoms with Crippen LogP contribution in [0.25, 0.3) is 0 Å². The molecule has 1 aromatic carbocycles. The Morgan fingerprint density at radius 3 is 2.33 bits per heavy atom. The van der Waals surface area contributed by atoms with E-state index < -0.39 is 0 Å². The molecule has 1 aliphatic heterocycles. The molecule has 0 atom stereocenters. The van der Waals surface area contributed by atoms with Crippen LogP contribution >= 0.6 is 0 Å². The van der Waals surface area contributed by atoms with Gasteiger partial charge in [0.15, 0.2) is 0 Å². The van der Waals surface area contributed by atoms with Crippen LogP contribution in [0.5, 0.6) is 0 Å². The highest BCUT2D eigenvalue weighted by Gasteiger charge is 2.50. The topological polar surface area (TPSA) is 36.4 Å². The summed E-state index contributed by atoms with van der Waals surface area (Å²) in [5.74, 6) is 0.290. The maximum atomic E-state index is 12.7. The molecule has 1 saturated heterocycles. The molecule has 1 aliphatic carbocycles. The van der Waals surface area contributed by atoms with Gasteiger partial charge in [-0.25, -0.2) is 0 Å². The summed E-state index contributed by atoms with van der Waals surface area (Å²) in [4.78, 5) is 21.5. The Bertz CT molecular complexity index is 780. The van der Waals surface area contributed by atoms with Crippen LogP contribution in [0.2, 0.25) is 0 Å². The fourth-order valence-electron chi connectivity index (χ4n) is 5.08. The van der Waals surface area contributed by atoms with Gasteiger partial charge in [0.2, 0.25) is 5.91 Å². The van der Waals surface area contributed by atoms with E-state index in [0.717, 1.165) is 37.9 Å². The zero-order valence-corrected chi connectivity index (χ0v) is 16.4. The predicted molar refractivity (Wildman–Crippen MR) is 107 cm³/mol. The summed E-state index contributed by atoms with van der Waals surface area (Å²) in [6.07, 6.45) is 6.91. The van der Waals surface area contributed by atoms with Crippen molar-refractivity contribution in [2.75, 3.05) is 20.6 Å². The summed E-state index contributed by atoms with van der Waals surface area (Å²) in [6, 6.07) is 16.8. The summed E-state index contributed by atoms with van der Waals surface area (Å²) >= 11 is 0. The Morgan fingerprint density at radius 1 is 1.00 bits per heavy atom. The van der Waals surface area contributed by atoms with E-state index in [0.29, 0.717) is 13.0 Å². The van der Waals surface area contributed by atoms with E-state index in [-0.39, 0.29) is 16.9 Å². The molecular formula is C23H29N3O. The zero-order chi connectivity index (χ0) is 18.9. The van der Waals surface area contributed by atoms with Gasteiger partial charge in [0.25, 0.3) is 0 Å². The zero-order valence-electron chi connectivity index (χ0n) is 16.4. The maximum Gasteiger partial charge on any atom is 0.223 e. The predicted octanol–water partition coefficient (Wildman–Crippen LogP) is 3.83. The third-order valence-electron chi connectivity index (χ3n) is 6.79. The molecule has 2 heterocycles. The molecule has 2 fully saturated rings. The number of aromatic nitrogens is 1. The second-order valence-electron chi connectivity index (χ2n) is 8.54. The monoisotopic (exact) mass is 363 g/mol. The molecule has 4 heteroatoms. The van der Waals surface area contributed by atoms with Gasteiger partial charge < -0.3 is 4.90 Å². The molecular weight excluding hydrogens is 334 g/mol. The molecule has 2 aliphatic rings. The third-order valence-corrected chi connectivity index (χ3v) is 6.79. The number of rotatable bonds is 4. The SMILES string of the molecule is CN(C)C1(c2ccccc2)CCC2(CC1)CC(=O)N(Cc1ccccn1)C2. The quantitative estimate of drug-likeness (QED) is 0.828. The number of carbonyl (C=O) groups is 1. The standard InChI is InChI=1S/C23H29N3O/c1-25(2)23(19-8-4-3-5-9-19)13-11-22(12-14-23)16-21(27)26(18-22)17-20-10-6-7-15-24-20/h3-10,15H,11-14,16-18H2,1-2H3. The lowest BCUT2D eigenvalue weighted by Crippen LogP contribution is -2.47. The number of likely N-dealkylation sites (tertiary alicyclic amines) is 1. The van der Waals surface area contributed by atoms with Crippen molar-refractivity contribution < 1.29 is 4.79 Å². The van der Waals surface area contributed by atoms with Crippen molar-refractivity contribution in [3.8, 4) is 0 Å². The Balaban J connectivity index is 1.49. The van der Waals surface area contributed by atoms with Gasteiger partial charge in [-0.05, 0) is 62.9 Å². The number of nitrogens with zero attached hydrogens (tertiary/aromatic N) is 3. The molecule has 2 aromatic rings. The molecule has 0 radical (unpaired) electrons. The second-order valence-corrected chi connectivity index (χ2v) is 8.54. The molecule has 4 nitrogen and oxygen atoms in total. The van der Waals surface area contributed by atoms with Gasteiger partial charge >= 0.3 is 0 Å². The molecule has 0 N–H and O–H groups in total. The fraction of sp³-hybridized carbons (Fsp3) is 0.478. The van der Waals surface area contributed by atoms with E-state index in [1.807, 2.05) is 23.1 Å². The van der Waals surface area contributed by atoms with Gasteiger partial charge in [-0.15, -0.1) is 0 Å². The average molecular weight is 364 g/mol. The van der Waals surface area contributed by atoms with Crippen molar-refractivity contribution in [3.63, 3.8) is 0 Å². The number of hydrogen-bond donors (Lipinski definition) is 0. The summed E-state index contributed by atoms with van der Waals surface area (Å²) in [5.41, 5.74) is 2.61. The van der Waals surface area contributed by atoms with E-state index in [4.69, 9.17) is 0 Å². The molecule has 27 heavy (non-hydrogen) atoms. The van der Waals surface area contributed by atoms with Crippen molar-refractivity contribution >= 4 is 5.91 Å². The number of amides is 1. The lowest BCUT2D eigenvalue weighted by molar-refractivity contribution is -0.128. The number of pyridine rings is 1. The summed E-state index contributed by atoms with van der Waals surface area (Å²) in [6.45, 7) is 1.51. The van der Waals surface area contributed by atoms with E-state index in [2.05, 4.69) is 54.3 Å². The molecule has 4 rings (SSSR count). The lowest BCUT2D eigenvalue weighted by atomic mass is 9.64. The van der Waals surface area contributed by atoms with Crippen molar-refractivity contribution in [1.29, 1.82) is 0 Å². The van der Waals surface area contributed by atoms with Crippen molar-refractivity contribution in [1.82, 2.24) is 14.8 Å². The van der Waals surface area contributed by atoms with Gasteiger partial charge in [0, 0.05) is 24.7 Å². The fourth-order valence-corrected chi connectivity index (χ4v) is 5.08. The highest BCUT2D eigenvalue weighted by atomic mass is 16.2. The van der Waals surface area contributed by atoms with Gasteiger partial charge in [-0.2, -0.15) is 0 Å². The van der Waals surface area contributed by atoms with Crippen LogP contribution in [0.15, 0.2) is 54.7 Å². The maximum absolute atomic E-state index is 12.7. The minimum atomic E-state index is 0.0873. The number of carbonyl (C=O) groups excluding carboxylic acids is 1. The second kappa shape index (κ2) is 7.08. The van der Waals surface area contributed by atoms with Crippen LogP contribution in [-0.4, -0.2) is 41.3 Å². The first-order valence-electron chi connectivity index (χ1n) is 9.94. The van der Waals surface area contributed by atoms with Crippen molar-refractivity contribution in [2.24, 2.45) is 5.41 Å². The largest absolute Gasteiger partial charge is 0.336 e. The van der Waals surface area contributed by atoms with Gasteiger partial charge in [0.1, 0.15) is 0 Å². The molecule has 0 unspecified atom stereocenters. The molecule has 1 aromatic heterocycles. The summed E-state index contributed by atoms with van der Waals surface area (Å²) in [5, 5.41) is 0. The molecule has 1 amide bonds. The van der Waals surface area contributed by atoms with Gasteiger partial charge in [0.05, 0.1) is 12.2 Å². The van der Waals surface area contributed by atoms with Gasteiger partial charge in [-0.3, -0.25) is 14.7 Å². The number of benzene rings is 1. The first kappa shape index (κ1) is 18.2. The average Bonchev–Trinajstić information content (AvgIpc) is 2.99. The molecule has 142 valence electrons. The van der Waals surface area contributed by atoms with E-state index in [1.165, 1.54) is 5.56 Å². The normalized spacial score (nSPS) is 28.3. The minimum Gasteiger partial charge on any atom is -0.336 e. The Morgan fingerprint density at radius 2 is 1.70 bits per heavy atom. The van der Waals surface area contributed by atoms with Gasteiger partial charge in [-0.1, -0.05) is 36.4 Å². The Kier molecular flexibility index (Phi) is 4.77. The van der Waals surface area contributed by atoms with Crippen LogP contribution in [0.1, 0.15) is 43.4 Å². The van der Waals surface area contributed by atoms with Crippen LogP contribution < -0.4 is 0 Å². The van der Waals surface area contributed by atoms with E-state index in [9.17, 15) is 4.79 Å². The first-order valence-corrected chi connectivity index (χ1v) is 9.94. The summed E-state index contributed by atoms with van der Waals surface area (Å²) in [7, 11) is 4.39. The highest BCUT2D eigenvalue weighted by Crippen LogP contribution is 2.52. The molecule has 0 bridgehead atoms. The minimum absolute atomic E-state index is 0.0873. The molecule has 1 spiro atoms. The van der Waals surface area contributed by atoms with E-state index >= 15 is 0 Å². The molecule has 1 saturated carbocycles. The van der Waals surface area contributed by atoms with Crippen LogP contribution in [-0.2, 0) is 16.9 Å². The Labute approximate surface area is 162 Å². The lowest BCUT2D eigenvalue weighted by Gasteiger charge is -2.48. The number of hydrogen-bond acceptors (Lipinski definition) is 3. The van der Waals surface area contributed by atoms with E-state index in [1.54, 1.807) is 6.20 Å². The van der Waals surface area contributed by atoms with Crippen molar-refractivity contribution in [2.45, 2.75) is 44.2 Å². The summed E-state index contributed by atoms with van der Waals surface area (Å²) < 4.78 is 0. The van der Waals surface area contributed by atoms with Crippen LogP contribution in [0.3, 0.4) is 0 Å². The highest BCUT2D eigenvalue weighted by molar-refractivity contribution is 5.79. The van der Waals surface area contributed by atoms with Crippen LogP contribution in [0, 0.1) is 5.41 Å². The van der Waals surface area contributed by atoms with Crippen LogP contribution in [0.4, 0.5) is 0 Å². The third kappa shape index (κ3) is 3.39. The first-order chi connectivity index (χ1) is 13.0. The smallest absolute Gasteiger partial charge is 0.223 e.